The average molecular weight is 298 g/mol. The standard InChI is InChI=1S/C21H30O/c1-4-14-9-11-17-16-10-8-15-6-5-7-19(22)21(15,3)18(16)12-13-20(14,17)2/h5-8,14,16-18,22H,4,9-13H2,1-3H3/t14-,16-,17-,18-,20+,21-/m0/s1. The Bertz CT molecular complexity index is 568. The zero-order valence-corrected chi connectivity index (χ0v) is 14.3. The van der Waals surface area contributed by atoms with E-state index in [0.29, 0.717) is 17.1 Å². The molecule has 0 radical (unpaired) electrons. The second kappa shape index (κ2) is 4.76. The Morgan fingerprint density at radius 2 is 2.00 bits per heavy atom. The molecule has 1 N–H and O–H groups in total. The molecule has 2 saturated carbocycles. The molecular weight excluding hydrogens is 268 g/mol. The normalized spacial score (nSPS) is 49.8. The van der Waals surface area contributed by atoms with Crippen LogP contribution >= 0.6 is 0 Å². The Morgan fingerprint density at radius 3 is 2.77 bits per heavy atom. The van der Waals surface area contributed by atoms with Crippen LogP contribution in [0.3, 0.4) is 0 Å². The summed E-state index contributed by atoms with van der Waals surface area (Å²) in [6.45, 7) is 7.25. The minimum atomic E-state index is -0.122. The van der Waals surface area contributed by atoms with Crippen molar-refractivity contribution in [3.63, 3.8) is 0 Å². The summed E-state index contributed by atoms with van der Waals surface area (Å²) in [7, 11) is 0. The number of hydrogen-bond acceptors (Lipinski definition) is 1. The highest BCUT2D eigenvalue weighted by Gasteiger charge is 2.58. The molecule has 1 nitrogen and oxygen atoms in total. The molecule has 4 rings (SSSR count). The largest absolute Gasteiger partial charge is 0.511 e. The first-order chi connectivity index (χ1) is 10.5. The number of hydrogen-bond donors (Lipinski definition) is 1. The quantitative estimate of drug-likeness (QED) is 0.648. The van der Waals surface area contributed by atoms with Crippen molar-refractivity contribution in [1.82, 2.24) is 0 Å². The smallest absolute Gasteiger partial charge is 0.103 e. The Balaban J connectivity index is 1.73. The van der Waals surface area contributed by atoms with E-state index in [2.05, 4.69) is 32.9 Å². The lowest BCUT2D eigenvalue weighted by atomic mass is 9.48. The molecule has 0 amide bonds. The molecule has 0 heterocycles. The molecule has 1 heteroatoms. The van der Waals surface area contributed by atoms with Crippen LogP contribution in [0.25, 0.3) is 0 Å². The lowest BCUT2D eigenvalue weighted by Gasteiger charge is -2.56. The molecule has 0 unspecified atom stereocenters. The van der Waals surface area contributed by atoms with E-state index >= 15 is 0 Å². The van der Waals surface area contributed by atoms with Gasteiger partial charge in [-0.2, -0.15) is 0 Å². The van der Waals surface area contributed by atoms with Gasteiger partial charge in [-0.15, -0.1) is 0 Å². The predicted octanol–water partition coefficient (Wildman–Crippen LogP) is 5.80. The van der Waals surface area contributed by atoms with Gasteiger partial charge < -0.3 is 5.11 Å². The van der Waals surface area contributed by atoms with E-state index in [1.807, 2.05) is 12.2 Å². The topological polar surface area (TPSA) is 20.2 Å². The van der Waals surface area contributed by atoms with Gasteiger partial charge in [0, 0.05) is 0 Å². The number of allylic oxidation sites excluding steroid dienone is 5. The molecule has 0 bridgehead atoms. The first kappa shape index (κ1) is 14.6. The first-order valence-electron chi connectivity index (χ1n) is 9.30. The molecule has 0 aromatic rings. The molecule has 0 saturated heterocycles. The summed E-state index contributed by atoms with van der Waals surface area (Å²) in [5.41, 5.74) is 1.80. The van der Waals surface area contributed by atoms with Crippen LogP contribution in [0.4, 0.5) is 0 Å². The van der Waals surface area contributed by atoms with Gasteiger partial charge in [0.25, 0.3) is 0 Å². The van der Waals surface area contributed by atoms with Crippen LogP contribution in [-0.4, -0.2) is 5.11 Å². The fourth-order valence-electron chi connectivity index (χ4n) is 6.80. The lowest BCUT2D eigenvalue weighted by Crippen LogP contribution is -2.49. The second-order valence-corrected chi connectivity index (χ2v) is 8.61. The Kier molecular flexibility index (Phi) is 3.16. The van der Waals surface area contributed by atoms with Crippen LogP contribution in [0.15, 0.2) is 35.6 Å². The fourth-order valence-corrected chi connectivity index (χ4v) is 6.80. The third-order valence-corrected chi connectivity index (χ3v) is 8.14. The van der Waals surface area contributed by atoms with Gasteiger partial charge in [-0.25, -0.2) is 0 Å². The van der Waals surface area contributed by atoms with Gasteiger partial charge >= 0.3 is 0 Å². The SMILES string of the molecule is CC[C@H]1CC[C@H]2[C@@H]3CC=C4C=CC=C(O)[C@]4(C)[C@H]3CC[C@]12C. The highest BCUT2D eigenvalue weighted by molar-refractivity contribution is 5.43. The van der Waals surface area contributed by atoms with E-state index in [0.717, 1.165) is 17.8 Å². The third-order valence-electron chi connectivity index (χ3n) is 8.14. The molecule has 120 valence electrons. The first-order valence-corrected chi connectivity index (χ1v) is 9.30. The predicted molar refractivity (Wildman–Crippen MR) is 91.5 cm³/mol. The molecule has 0 aliphatic heterocycles. The second-order valence-electron chi connectivity index (χ2n) is 8.61. The Hall–Kier alpha value is -0.980. The van der Waals surface area contributed by atoms with Crippen molar-refractivity contribution in [2.75, 3.05) is 0 Å². The van der Waals surface area contributed by atoms with E-state index in [4.69, 9.17) is 0 Å². The summed E-state index contributed by atoms with van der Waals surface area (Å²) in [4.78, 5) is 0. The van der Waals surface area contributed by atoms with Crippen molar-refractivity contribution in [2.24, 2.45) is 34.5 Å². The van der Waals surface area contributed by atoms with E-state index in [-0.39, 0.29) is 5.41 Å². The summed E-state index contributed by atoms with van der Waals surface area (Å²) in [6.07, 6.45) is 16.7. The number of fused-ring (bicyclic) bond motifs is 5. The maximum Gasteiger partial charge on any atom is 0.103 e. The summed E-state index contributed by atoms with van der Waals surface area (Å²) in [5.74, 6) is 3.79. The van der Waals surface area contributed by atoms with Crippen LogP contribution in [0.5, 0.6) is 0 Å². The molecular formula is C21H30O. The average Bonchev–Trinajstić information content (AvgIpc) is 2.85. The van der Waals surface area contributed by atoms with Gasteiger partial charge in [-0.05, 0) is 79.8 Å². The molecule has 22 heavy (non-hydrogen) atoms. The Morgan fingerprint density at radius 1 is 1.18 bits per heavy atom. The summed E-state index contributed by atoms with van der Waals surface area (Å²) >= 11 is 0. The third kappa shape index (κ3) is 1.66. The zero-order chi connectivity index (χ0) is 15.5. The van der Waals surface area contributed by atoms with Crippen LogP contribution in [0.1, 0.15) is 59.3 Å². The molecule has 4 aliphatic carbocycles. The number of aliphatic hydroxyl groups is 1. The van der Waals surface area contributed by atoms with Crippen molar-refractivity contribution in [3.8, 4) is 0 Å². The summed E-state index contributed by atoms with van der Waals surface area (Å²) in [6, 6.07) is 0. The molecule has 0 spiro atoms. The van der Waals surface area contributed by atoms with Crippen LogP contribution < -0.4 is 0 Å². The number of aliphatic hydroxyl groups excluding tert-OH is 1. The lowest BCUT2D eigenvalue weighted by molar-refractivity contribution is -0.0329. The van der Waals surface area contributed by atoms with Gasteiger partial charge in [0.05, 0.1) is 5.41 Å². The van der Waals surface area contributed by atoms with Crippen molar-refractivity contribution < 1.29 is 5.11 Å². The molecule has 2 fully saturated rings. The minimum Gasteiger partial charge on any atom is -0.511 e. The molecule has 0 aromatic carbocycles. The van der Waals surface area contributed by atoms with Gasteiger partial charge in [0.2, 0.25) is 0 Å². The highest BCUT2D eigenvalue weighted by atomic mass is 16.3. The van der Waals surface area contributed by atoms with Crippen LogP contribution in [0, 0.1) is 34.5 Å². The van der Waals surface area contributed by atoms with E-state index in [1.165, 1.54) is 44.1 Å². The van der Waals surface area contributed by atoms with E-state index in [1.54, 1.807) is 0 Å². The van der Waals surface area contributed by atoms with Crippen LogP contribution in [0.2, 0.25) is 0 Å². The van der Waals surface area contributed by atoms with Crippen molar-refractivity contribution in [2.45, 2.75) is 59.3 Å². The van der Waals surface area contributed by atoms with E-state index < -0.39 is 0 Å². The zero-order valence-electron chi connectivity index (χ0n) is 14.3. The Labute approximate surface area is 135 Å². The molecule has 6 atom stereocenters. The highest BCUT2D eigenvalue weighted by Crippen LogP contribution is 2.66. The van der Waals surface area contributed by atoms with Crippen LogP contribution in [-0.2, 0) is 0 Å². The van der Waals surface area contributed by atoms with Crippen molar-refractivity contribution >= 4 is 0 Å². The van der Waals surface area contributed by atoms with Crippen molar-refractivity contribution in [3.05, 3.63) is 35.6 Å². The summed E-state index contributed by atoms with van der Waals surface area (Å²) < 4.78 is 0. The van der Waals surface area contributed by atoms with Gasteiger partial charge in [-0.3, -0.25) is 0 Å². The maximum atomic E-state index is 10.7. The van der Waals surface area contributed by atoms with Gasteiger partial charge in [-0.1, -0.05) is 38.5 Å². The van der Waals surface area contributed by atoms with Crippen molar-refractivity contribution in [1.29, 1.82) is 0 Å². The molecule has 4 aliphatic rings. The number of rotatable bonds is 1. The van der Waals surface area contributed by atoms with Gasteiger partial charge in [0.1, 0.15) is 5.76 Å². The summed E-state index contributed by atoms with van der Waals surface area (Å²) in [5, 5.41) is 10.7. The maximum absolute atomic E-state index is 10.7. The minimum absolute atomic E-state index is 0.122. The monoisotopic (exact) mass is 298 g/mol. The van der Waals surface area contributed by atoms with E-state index in [9.17, 15) is 5.11 Å². The van der Waals surface area contributed by atoms with Gasteiger partial charge in [0.15, 0.2) is 0 Å². The fraction of sp³-hybridized carbons (Fsp3) is 0.714. The molecule has 0 aromatic heterocycles.